The van der Waals surface area contributed by atoms with Gasteiger partial charge in [-0.25, -0.2) is 4.79 Å². The van der Waals surface area contributed by atoms with Crippen LogP contribution in [0.25, 0.3) is 0 Å². The van der Waals surface area contributed by atoms with Gasteiger partial charge in [0.2, 0.25) is 0 Å². The fraction of sp³-hybridized carbons (Fsp3) is 0.588. The zero-order chi connectivity index (χ0) is 15.2. The molecule has 2 fully saturated rings. The van der Waals surface area contributed by atoms with Crippen LogP contribution < -0.4 is 0 Å². The zero-order valence-corrected chi connectivity index (χ0v) is 12.6. The van der Waals surface area contributed by atoms with Gasteiger partial charge >= 0.3 is 5.97 Å². The molecule has 1 unspecified atom stereocenters. The molecular weight excluding hydrogens is 284 g/mol. The standard InChI is InChI=1S/C17H22O5/c18-17-16(22-15-8-4-5-9-20-15)14(12-21-17)11-19-10-13-6-2-1-3-7-13/h1-3,6-7,14-16H,4-5,8-12H2/t14-,15?,16-/m0/s1. The van der Waals surface area contributed by atoms with Crippen molar-refractivity contribution in [3.05, 3.63) is 35.9 Å². The van der Waals surface area contributed by atoms with Crippen molar-refractivity contribution in [2.45, 2.75) is 38.3 Å². The number of carbonyl (C=O) groups is 1. The molecule has 120 valence electrons. The summed E-state index contributed by atoms with van der Waals surface area (Å²) in [6, 6.07) is 9.96. The van der Waals surface area contributed by atoms with Crippen molar-refractivity contribution in [3.8, 4) is 0 Å². The largest absolute Gasteiger partial charge is 0.463 e. The van der Waals surface area contributed by atoms with E-state index in [0.717, 1.165) is 24.8 Å². The monoisotopic (exact) mass is 306 g/mol. The van der Waals surface area contributed by atoms with Crippen molar-refractivity contribution in [3.63, 3.8) is 0 Å². The second kappa shape index (κ2) is 7.72. The molecule has 0 saturated carbocycles. The van der Waals surface area contributed by atoms with Crippen LogP contribution in [-0.2, 0) is 30.3 Å². The molecule has 0 amide bonds. The Morgan fingerprint density at radius 2 is 2.05 bits per heavy atom. The zero-order valence-electron chi connectivity index (χ0n) is 12.6. The molecule has 0 aliphatic carbocycles. The first-order valence-corrected chi connectivity index (χ1v) is 7.88. The van der Waals surface area contributed by atoms with Crippen LogP contribution in [0, 0.1) is 5.92 Å². The molecule has 0 N–H and O–H groups in total. The van der Waals surface area contributed by atoms with E-state index in [9.17, 15) is 4.79 Å². The number of rotatable bonds is 6. The molecule has 5 nitrogen and oxygen atoms in total. The first-order chi connectivity index (χ1) is 10.8. The molecule has 5 heteroatoms. The molecule has 0 aromatic heterocycles. The summed E-state index contributed by atoms with van der Waals surface area (Å²) in [6.45, 7) is 2.02. The highest BCUT2D eigenvalue weighted by atomic mass is 16.7. The Morgan fingerprint density at radius 3 is 2.82 bits per heavy atom. The molecule has 0 radical (unpaired) electrons. The van der Waals surface area contributed by atoms with Gasteiger partial charge < -0.3 is 18.9 Å². The minimum absolute atomic E-state index is 0.0678. The van der Waals surface area contributed by atoms with Crippen molar-refractivity contribution in [2.75, 3.05) is 19.8 Å². The SMILES string of the molecule is O=C1OC[C@H](COCc2ccccc2)[C@@H]1OC1CCCCO1. The fourth-order valence-corrected chi connectivity index (χ4v) is 2.74. The van der Waals surface area contributed by atoms with E-state index < -0.39 is 6.10 Å². The Morgan fingerprint density at radius 1 is 1.18 bits per heavy atom. The average Bonchev–Trinajstić information content (AvgIpc) is 2.90. The normalized spacial score (nSPS) is 28.5. The molecule has 22 heavy (non-hydrogen) atoms. The van der Waals surface area contributed by atoms with Crippen LogP contribution in [0.5, 0.6) is 0 Å². The van der Waals surface area contributed by atoms with Crippen LogP contribution in [0.2, 0.25) is 0 Å². The van der Waals surface area contributed by atoms with Gasteiger partial charge in [-0.05, 0) is 24.8 Å². The number of hydrogen-bond donors (Lipinski definition) is 0. The summed E-state index contributed by atoms with van der Waals surface area (Å²) in [4.78, 5) is 11.8. The van der Waals surface area contributed by atoms with E-state index in [0.29, 0.717) is 26.4 Å². The number of benzene rings is 1. The summed E-state index contributed by atoms with van der Waals surface area (Å²) in [5, 5.41) is 0. The van der Waals surface area contributed by atoms with Crippen LogP contribution in [0.1, 0.15) is 24.8 Å². The quantitative estimate of drug-likeness (QED) is 0.755. The van der Waals surface area contributed by atoms with Gasteiger partial charge in [0, 0.05) is 6.61 Å². The maximum absolute atomic E-state index is 11.8. The second-order valence-electron chi connectivity index (χ2n) is 5.74. The van der Waals surface area contributed by atoms with Crippen molar-refractivity contribution in [2.24, 2.45) is 5.92 Å². The average molecular weight is 306 g/mol. The molecule has 0 bridgehead atoms. The smallest absolute Gasteiger partial charge is 0.335 e. The van der Waals surface area contributed by atoms with Gasteiger partial charge in [-0.1, -0.05) is 30.3 Å². The highest BCUT2D eigenvalue weighted by Gasteiger charge is 2.40. The Bertz CT molecular complexity index is 469. The number of hydrogen-bond acceptors (Lipinski definition) is 5. The van der Waals surface area contributed by atoms with E-state index in [1.165, 1.54) is 0 Å². The fourth-order valence-electron chi connectivity index (χ4n) is 2.74. The van der Waals surface area contributed by atoms with Crippen LogP contribution in [0.4, 0.5) is 0 Å². The number of carbonyl (C=O) groups excluding carboxylic acids is 1. The van der Waals surface area contributed by atoms with Gasteiger partial charge in [-0.2, -0.15) is 0 Å². The summed E-state index contributed by atoms with van der Waals surface area (Å²) in [6.07, 6.45) is 2.10. The van der Waals surface area contributed by atoms with Crippen molar-refractivity contribution < 1.29 is 23.7 Å². The first kappa shape index (κ1) is 15.5. The topological polar surface area (TPSA) is 54.0 Å². The van der Waals surface area contributed by atoms with Crippen LogP contribution >= 0.6 is 0 Å². The van der Waals surface area contributed by atoms with E-state index in [4.69, 9.17) is 18.9 Å². The summed E-state index contributed by atoms with van der Waals surface area (Å²) < 4.78 is 22.2. The third-order valence-corrected chi connectivity index (χ3v) is 3.98. The lowest BCUT2D eigenvalue weighted by atomic mass is 10.1. The van der Waals surface area contributed by atoms with Gasteiger partial charge in [0.15, 0.2) is 12.4 Å². The van der Waals surface area contributed by atoms with Crippen LogP contribution in [-0.4, -0.2) is 38.2 Å². The lowest BCUT2D eigenvalue weighted by Crippen LogP contribution is -2.35. The van der Waals surface area contributed by atoms with Gasteiger partial charge in [0.1, 0.15) is 0 Å². The highest BCUT2D eigenvalue weighted by Crippen LogP contribution is 2.24. The Labute approximate surface area is 130 Å². The van der Waals surface area contributed by atoms with Crippen LogP contribution in [0.3, 0.4) is 0 Å². The molecule has 2 saturated heterocycles. The molecule has 2 heterocycles. The minimum atomic E-state index is -0.570. The minimum Gasteiger partial charge on any atom is -0.463 e. The summed E-state index contributed by atoms with van der Waals surface area (Å²) in [5.74, 6) is -0.371. The summed E-state index contributed by atoms with van der Waals surface area (Å²) in [7, 11) is 0. The molecule has 3 atom stereocenters. The van der Waals surface area contributed by atoms with Crippen molar-refractivity contribution >= 4 is 5.97 Å². The van der Waals surface area contributed by atoms with Crippen LogP contribution in [0.15, 0.2) is 30.3 Å². The number of esters is 1. The summed E-state index contributed by atoms with van der Waals surface area (Å²) >= 11 is 0. The van der Waals surface area contributed by atoms with E-state index in [2.05, 4.69) is 0 Å². The Balaban J connectivity index is 1.47. The third-order valence-electron chi connectivity index (χ3n) is 3.98. The Kier molecular flexibility index (Phi) is 5.43. The van der Waals surface area contributed by atoms with Gasteiger partial charge in [-0.15, -0.1) is 0 Å². The van der Waals surface area contributed by atoms with E-state index in [-0.39, 0.29) is 18.2 Å². The molecule has 1 aromatic carbocycles. The molecule has 3 rings (SSSR count). The molecular formula is C17H22O5. The number of cyclic esters (lactones) is 1. The molecule has 2 aliphatic heterocycles. The maximum Gasteiger partial charge on any atom is 0.335 e. The van der Waals surface area contributed by atoms with E-state index in [1.54, 1.807) is 0 Å². The predicted octanol–water partition coefficient (Wildman–Crippen LogP) is 2.29. The predicted molar refractivity (Wildman–Crippen MR) is 79.0 cm³/mol. The van der Waals surface area contributed by atoms with Gasteiger partial charge in [-0.3, -0.25) is 0 Å². The maximum atomic E-state index is 11.8. The lowest BCUT2D eigenvalue weighted by molar-refractivity contribution is -0.200. The van der Waals surface area contributed by atoms with Gasteiger partial charge in [0.05, 0.1) is 25.7 Å². The molecule has 0 spiro atoms. The highest BCUT2D eigenvalue weighted by molar-refractivity contribution is 5.77. The van der Waals surface area contributed by atoms with Crippen molar-refractivity contribution in [1.29, 1.82) is 0 Å². The Hall–Kier alpha value is -1.43. The molecule has 1 aromatic rings. The lowest BCUT2D eigenvalue weighted by Gasteiger charge is -2.26. The third kappa shape index (κ3) is 4.06. The van der Waals surface area contributed by atoms with Crippen molar-refractivity contribution in [1.82, 2.24) is 0 Å². The second-order valence-corrected chi connectivity index (χ2v) is 5.74. The first-order valence-electron chi connectivity index (χ1n) is 7.88. The molecule has 2 aliphatic rings. The van der Waals surface area contributed by atoms with E-state index >= 15 is 0 Å². The van der Waals surface area contributed by atoms with E-state index in [1.807, 2.05) is 30.3 Å². The van der Waals surface area contributed by atoms with Gasteiger partial charge in [0.25, 0.3) is 0 Å². The number of ether oxygens (including phenoxy) is 4. The summed E-state index contributed by atoms with van der Waals surface area (Å²) in [5.41, 5.74) is 1.11.